The Balaban J connectivity index is 3.29. The summed E-state index contributed by atoms with van der Waals surface area (Å²) in [6.45, 7) is 2.27. The summed E-state index contributed by atoms with van der Waals surface area (Å²) in [6, 6.07) is 0. The average Bonchev–Trinajstić information content (AvgIpc) is 2.60. The Hall–Kier alpha value is -3.08. The highest BCUT2D eigenvalue weighted by atomic mass is 16.5. The molecule has 0 saturated heterocycles. The Kier molecular flexibility index (Phi) is 7.59. The molecule has 0 aliphatic carbocycles. The van der Waals surface area contributed by atoms with E-state index in [9.17, 15) is 28.8 Å². The van der Waals surface area contributed by atoms with Crippen LogP contribution in [0.4, 0.5) is 0 Å². The molecule has 1 aromatic heterocycles. The lowest BCUT2D eigenvalue weighted by molar-refractivity contribution is -0.138. The molecule has 1 N–H and O–H groups in total. The Morgan fingerprint density at radius 3 is 1.96 bits per heavy atom. The molecule has 142 valence electrons. The largest absolute Gasteiger partial charge is 0.461 e. The van der Waals surface area contributed by atoms with Gasteiger partial charge >= 0.3 is 23.0 Å². The van der Waals surface area contributed by atoms with Crippen molar-refractivity contribution < 1.29 is 24.2 Å². The lowest BCUT2D eigenvalue weighted by atomic mass is 10.2. The van der Waals surface area contributed by atoms with Crippen LogP contribution in [0.25, 0.3) is 0 Å². The van der Waals surface area contributed by atoms with Crippen LogP contribution in [0.5, 0.6) is 0 Å². The molecular weight excluding hydrogens is 350 g/mol. The van der Waals surface area contributed by atoms with Gasteiger partial charge in [-0.1, -0.05) is 6.58 Å². The number of rotatable bonds is 10. The molecule has 0 unspecified atom stereocenters. The molecule has 11 heteroatoms. The summed E-state index contributed by atoms with van der Waals surface area (Å²) in [5, 5.41) is 9.02. The monoisotopic (exact) mass is 369 g/mol. The number of esters is 1. The zero-order chi connectivity index (χ0) is 19.9. The summed E-state index contributed by atoms with van der Waals surface area (Å²) < 4.78 is 6.59. The fraction of sp³-hybridized carbons (Fsp3) is 0.467. The van der Waals surface area contributed by atoms with Crippen molar-refractivity contribution in [3.05, 3.63) is 44.1 Å². The smallest absolute Gasteiger partial charge is 0.336 e. The summed E-state index contributed by atoms with van der Waals surface area (Å²) in [4.78, 5) is 70.4. The first-order valence-electron chi connectivity index (χ1n) is 7.62. The van der Waals surface area contributed by atoms with E-state index in [4.69, 9.17) is 9.84 Å². The number of ketones is 2. The number of aromatic nitrogens is 3. The summed E-state index contributed by atoms with van der Waals surface area (Å²) in [6.07, 6.45) is 0.508. The van der Waals surface area contributed by atoms with Crippen LogP contribution in [0, 0.1) is 0 Å². The molecule has 0 spiro atoms. The number of carbonyl (C=O) groups excluding carboxylic acids is 3. The van der Waals surface area contributed by atoms with Crippen LogP contribution in [0.3, 0.4) is 0 Å². The van der Waals surface area contributed by atoms with E-state index >= 15 is 0 Å². The van der Waals surface area contributed by atoms with Crippen LogP contribution < -0.4 is 17.1 Å². The first-order chi connectivity index (χ1) is 12.2. The maximum atomic E-state index is 12.4. The maximum Gasteiger partial charge on any atom is 0.336 e. The Labute approximate surface area is 146 Å². The van der Waals surface area contributed by atoms with E-state index in [1.54, 1.807) is 0 Å². The van der Waals surface area contributed by atoms with Gasteiger partial charge in [0.25, 0.3) is 0 Å². The highest BCUT2D eigenvalue weighted by Crippen LogP contribution is 1.89. The number of hydrogen-bond donors (Lipinski definition) is 1. The van der Waals surface area contributed by atoms with E-state index in [-0.39, 0.29) is 19.7 Å². The molecule has 0 atom stereocenters. The minimum atomic E-state index is -1.01. The van der Waals surface area contributed by atoms with Crippen molar-refractivity contribution in [2.75, 3.05) is 13.2 Å². The molecule has 0 radical (unpaired) electrons. The van der Waals surface area contributed by atoms with Crippen LogP contribution in [-0.4, -0.2) is 49.6 Å². The molecule has 0 fully saturated rings. The zero-order valence-electron chi connectivity index (χ0n) is 14.2. The predicted octanol–water partition coefficient (Wildman–Crippen LogP) is -2.56. The van der Waals surface area contributed by atoms with Gasteiger partial charge in [0.2, 0.25) is 0 Å². The number of hydrogen-bond acceptors (Lipinski definition) is 8. The van der Waals surface area contributed by atoms with Gasteiger partial charge in [0.1, 0.15) is 6.61 Å². The predicted molar refractivity (Wildman–Crippen MR) is 87.8 cm³/mol. The van der Waals surface area contributed by atoms with Crippen LogP contribution >= 0.6 is 0 Å². The van der Waals surface area contributed by atoms with Crippen LogP contribution in [0.2, 0.25) is 0 Å². The van der Waals surface area contributed by atoms with Gasteiger partial charge in [-0.25, -0.2) is 32.9 Å². The number of nitrogens with zero attached hydrogens (tertiary/aromatic N) is 3. The second-order valence-corrected chi connectivity index (χ2v) is 5.13. The summed E-state index contributed by atoms with van der Waals surface area (Å²) in [7, 11) is 0. The van der Waals surface area contributed by atoms with Crippen molar-refractivity contribution in [1.82, 2.24) is 13.7 Å². The molecule has 0 saturated carbocycles. The van der Waals surface area contributed by atoms with Crippen LogP contribution in [0.1, 0.15) is 13.3 Å². The molecule has 0 aliphatic rings. The third-order valence-corrected chi connectivity index (χ3v) is 3.39. The lowest BCUT2D eigenvalue weighted by Crippen LogP contribution is -2.55. The first-order valence-corrected chi connectivity index (χ1v) is 7.62. The molecule has 1 aromatic rings. The normalized spacial score (nSPS) is 10.4. The third kappa shape index (κ3) is 4.96. The number of aliphatic hydroxyl groups is 1. The lowest BCUT2D eigenvalue weighted by Gasteiger charge is -2.13. The molecule has 0 amide bonds. The van der Waals surface area contributed by atoms with Crippen molar-refractivity contribution in [1.29, 1.82) is 0 Å². The van der Waals surface area contributed by atoms with Crippen LogP contribution in [-0.2, 0) is 38.8 Å². The van der Waals surface area contributed by atoms with Gasteiger partial charge in [0.05, 0.1) is 19.7 Å². The fourth-order valence-corrected chi connectivity index (χ4v) is 2.04. The Morgan fingerprint density at radius 2 is 1.50 bits per heavy atom. The number of ether oxygens (including phenoxy) is 1. The van der Waals surface area contributed by atoms with Crippen molar-refractivity contribution in [3.63, 3.8) is 0 Å². The number of Topliss-reactive ketones (excluding diaryl/α,β-unsaturated/α-hetero) is 2. The molecular formula is C15H19N3O8. The zero-order valence-corrected chi connectivity index (χ0v) is 14.2. The highest BCUT2D eigenvalue weighted by molar-refractivity contribution is 6.36. The molecule has 0 aliphatic heterocycles. The van der Waals surface area contributed by atoms with Gasteiger partial charge in [-0.05, 0) is 0 Å². The quantitative estimate of drug-likeness (QED) is 0.269. The topological polar surface area (TPSA) is 147 Å². The Bertz CT molecular complexity index is 890. The average molecular weight is 369 g/mol. The molecule has 11 nitrogen and oxygen atoms in total. The summed E-state index contributed by atoms with van der Waals surface area (Å²) in [5.41, 5.74) is -3.01. The summed E-state index contributed by atoms with van der Waals surface area (Å²) in [5.74, 6) is -2.25. The SMILES string of the molecule is C=CC(=O)OCCn1c(=O)n(CCO)c(=O)n(CCC(=O)C(C)=O)c1=O. The second kappa shape index (κ2) is 9.42. The van der Waals surface area contributed by atoms with Crippen molar-refractivity contribution in [2.45, 2.75) is 33.0 Å². The summed E-state index contributed by atoms with van der Waals surface area (Å²) >= 11 is 0. The molecule has 26 heavy (non-hydrogen) atoms. The number of aliphatic hydroxyl groups excluding tert-OH is 1. The standard InChI is InChI=1S/C15H19N3O8/c1-3-12(22)26-9-7-18-14(24)16(5-4-11(21)10(2)20)13(23)17(6-8-19)15(18)25/h3,19H,1,4-9H2,2H3. The molecule has 0 aromatic carbocycles. The van der Waals surface area contributed by atoms with E-state index in [2.05, 4.69) is 6.58 Å². The van der Waals surface area contributed by atoms with Gasteiger partial charge < -0.3 is 9.84 Å². The molecule has 1 rings (SSSR count). The minimum absolute atomic E-state index is 0.330. The molecule has 0 bridgehead atoms. The van der Waals surface area contributed by atoms with Crippen molar-refractivity contribution in [3.8, 4) is 0 Å². The van der Waals surface area contributed by atoms with Gasteiger partial charge in [-0.2, -0.15) is 0 Å². The van der Waals surface area contributed by atoms with Gasteiger partial charge in [0.15, 0.2) is 11.6 Å². The molecule has 1 heterocycles. The maximum absolute atomic E-state index is 12.4. The van der Waals surface area contributed by atoms with Gasteiger partial charge in [-0.15, -0.1) is 0 Å². The minimum Gasteiger partial charge on any atom is -0.461 e. The van der Waals surface area contributed by atoms with E-state index in [1.807, 2.05) is 0 Å². The van der Waals surface area contributed by atoms with E-state index in [0.717, 1.165) is 13.0 Å². The second-order valence-electron chi connectivity index (χ2n) is 5.13. The van der Waals surface area contributed by atoms with Crippen LogP contribution in [0.15, 0.2) is 27.0 Å². The fourth-order valence-electron chi connectivity index (χ4n) is 2.04. The van der Waals surface area contributed by atoms with Gasteiger partial charge in [-0.3, -0.25) is 9.59 Å². The van der Waals surface area contributed by atoms with E-state index in [1.165, 1.54) is 0 Å². The first kappa shape index (κ1) is 21.0. The highest BCUT2D eigenvalue weighted by Gasteiger charge is 2.17. The van der Waals surface area contributed by atoms with E-state index in [0.29, 0.717) is 13.7 Å². The third-order valence-electron chi connectivity index (χ3n) is 3.39. The van der Waals surface area contributed by atoms with E-state index < -0.39 is 54.2 Å². The number of carbonyl (C=O) groups is 3. The Morgan fingerprint density at radius 1 is 1.00 bits per heavy atom. The van der Waals surface area contributed by atoms with Gasteiger partial charge in [0, 0.05) is 26.0 Å². The van der Waals surface area contributed by atoms with Crippen molar-refractivity contribution >= 4 is 17.5 Å². The van der Waals surface area contributed by atoms with Crippen molar-refractivity contribution in [2.24, 2.45) is 0 Å².